The smallest absolute Gasteiger partial charge is 0.334 e. The number of aromatic nitrogens is 1. The Morgan fingerprint density at radius 3 is 2.26 bits per heavy atom. The summed E-state index contributed by atoms with van der Waals surface area (Å²) in [6.07, 6.45) is -8.02. The number of nitrogens with one attached hydrogen (secondary N) is 2. The molecule has 2 N–H and O–H groups in total. The summed E-state index contributed by atoms with van der Waals surface area (Å²) < 4.78 is 130. The fraction of sp³-hybridized carbons (Fsp3) is 0.312. The van der Waals surface area contributed by atoms with Gasteiger partial charge in [-0.2, -0.15) is 17.9 Å². The van der Waals surface area contributed by atoms with Crippen LogP contribution >= 0.6 is 0 Å². The maximum atomic E-state index is 14.7. The van der Waals surface area contributed by atoms with Gasteiger partial charge < -0.3 is 9.88 Å². The molecule has 0 unspecified atom stereocenters. The van der Waals surface area contributed by atoms with Crippen LogP contribution in [-0.4, -0.2) is 37.5 Å². The maximum absolute atomic E-state index is 14.7. The molecule has 1 heterocycles. The Morgan fingerprint density at radius 1 is 1.13 bits per heavy atom. The first-order chi connectivity index (χ1) is 14.1. The SMILES string of the molecule is C[C@@H](NS(=O)(=O)c1cn(CC(F)F)c(C(=O)Nc2ccc(F)c(F)c2)c1F)C(F)(F)F. The predicted octanol–water partition coefficient (Wildman–Crippen LogP) is 3.65. The molecule has 0 bridgehead atoms. The van der Waals surface area contributed by atoms with Gasteiger partial charge in [0.15, 0.2) is 17.5 Å². The summed E-state index contributed by atoms with van der Waals surface area (Å²) in [6.45, 7) is -0.968. The molecule has 0 saturated heterocycles. The minimum absolute atomic E-state index is 0.183. The number of hydrogen-bond donors (Lipinski definition) is 2. The lowest BCUT2D eigenvalue weighted by molar-refractivity contribution is -0.147. The van der Waals surface area contributed by atoms with Crippen molar-refractivity contribution < 1.29 is 48.3 Å². The number of halogens is 8. The number of rotatable bonds is 7. The van der Waals surface area contributed by atoms with Crippen molar-refractivity contribution in [2.45, 2.75) is 37.0 Å². The minimum Gasteiger partial charge on any atom is -0.334 e. The topological polar surface area (TPSA) is 80.2 Å². The monoisotopic (exact) mass is 479 g/mol. The molecule has 0 spiro atoms. The summed E-state index contributed by atoms with van der Waals surface area (Å²) in [5.74, 6) is -6.14. The molecule has 1 aromatic carbocycles. The zero-order valence-electron chi connectivity index (χ0n) is 15.3. The van der Waals surface area contributed by atoms with Gasteiger partial charge in [-0.1, -0.05) is 0 Å². The second-order valence-electron chi connectivity index (χ2n) is 6.17. The van der Waals surface area contributed by atoms with Crippen LogP contribution in [-0.2, 0) is 16.6 Å². The molecular formula is C16H13F8N3O3S. The van der Waals surface area contributed by atoms with Gasteiger partial charge in [0.05, 0.1) is 6.54 Å². The van der Waals surface area contributed by atoms with E-state index in [4.69, 9.17) is 0 Å². The normalized spacial score (nSPS) is 13.5. The van der Waals surface area contributed by atoms with Crippen molar-refractivity contribution >= 4 is 21.6 Å². The van der Waals surface area contributed by atoms with Crippen LogP contribution in [0.3, 0.4) is 0 Å². The van der Waals surface area contributed by atoms with E-state index in [-0.39, 0.29) is 10.8 Å². The number of hydrogen-bond acceptors (Lipinski definition) is 3. The fourth-order valence-electron chi connectivity index (χ4n) is 2.34. The van der Waals surface area contributed by atoms with E-state index in [1.54, 1.807) is 0 Å². The van der Waals surface area contributed by atoms with Crippen molar-refractivity contribution in [1.29, 1.82) is 0 Å². The molecule has 31 heavy (non-hydrogen) atoms. The van der Waals surface area contributed by atoms with E-state index >= 15 is 0 Å². The van der Waals surface area contributed by atoms with E-state index in [0.717, 1.165) is 10.8 Å². The molecule has 1 amide bonds. The van der Waals surface area contributed by atoms with Crippen LogP contribution in [0.4, 0.5) is 40.8 Å². The van der Waals surface area contributed by atoms with Crippen LogP contribution in [0.1, 0.15) is 17.4 Å². The van der Waals surface area contributed by atoms with Crippen LogP contribution in [0.5, 0.6) is 0 Å². The van der Waals surface area contributed by atoms with E-state index in [0.29, 0.717) is 19.1 Å². The van der Waals surface area contributed by atoms with Crippen molar-refractivity contribution in [3.63, 3.8) is 0 Å². The van der Waals surface area contributed by atoms with Crippen LogP contribution in [0.2, 0.25) is 0 Å². The molecule has 0 fully saturated rings. The Bertz CT molecular complexity index is 1080. The van der Waals surface area contributed by atoms with Crippen molar-refractivity contribution in [2.24, 2.45) is 0 Å². The van der Waals surface area contributed by atoms with Gasteiger partial charge in [0, 0.05) is 18.0 Å². The number of sulfonamides is 1. The predicted molar refractivity (Wildman–Crippen MR) is 90.5 cm³/mol. The van der Waals surface area contributed by atoms with Gasteiger partial charge in [0.1, 0.15) is 16.6 Å². The Hall–Kier alpha value is -2.68. The van der Waals surface area contributed by atoms with E-state index in [9.17, 15) is 48.3 Å². The average molecular weight is 479 g/mol. The van der Waals surface area contributed by atoms with Crippen molar-refractivity contribution in [3.05, 3.63) is 47.5 Å². The molecule has 2 aromatic rings. The molecule has 0 aliphatic carbocycles. The Kier molecular flexibility index (Phi) is 7.00. The Balaban J connectivity index is 2.48. The summed E-state index contributed by atoms with van der Waals surface area (Å²) in [6, 6.07) is -0.735. The van der Waals surface area contributed by atoms with E-state index in [2.05, 4.69) is 0 Å². The van der Waals surface area contributed by atoms with Gasteiger partial charge >= 0.3 is 6.18 Å². The van der Waals surface area contributed by atoms with Crippen molar-refractivity contribution in [1.82, 2.24) is 9.29 Å². The molecule has 0 saturated carbocycles. The van der Waals surface area contributed by atoms with Crippen LogP contribution in [0.25, 0.3) is 0 Å². The van der Waals surface area contributed by atoms with Crippen molar-refractivity contribution in [2.75, 3.05) is 5.32 Å². The van der Waals surface area contributed by atoms with Crippen LogP contribution in [0.15, 0.2) is 29.3 Å². The summed E-state index contributed by atoms with van der Waals surface area (Å²) in [5.41, 5.74) is -1.70. The number of nitrogens with zero attached hydrogens (tertiary/aromatic N) is 1. The number of benzene rings is 1. The van der Waals surface area contributed by atoms with E-state index in [1.807, 2.05) is 5.32 Å². The average Bonchev–Trinajstić information content (AvgIpc) is 2.93. The third-order valence-corrected chi connectivity index (χ3v) is 5.35. The van der Waals surface area contributed by atoms with Gasteiger partial charge in [-0.3, -0.25) is 4.79 Å². The lowest BCUT2D eigenvalue weighted by Crippen LogP contribution is -2.43. The molecule has 1 aromatic heterocycles. The van der Waals surface area contributed by atoms with Gasteiger partial charge in [-0.05, 0) is 19.1 Å². The highest BCUT2D eigenvalue weighted by Crippen LogP contribution is 2.26. The summed E-state index contributed by atoms with van der Waals surface area (Å²) in [5, 5.41) is 1.86. The second-order valence-corrected chi connectivity index (χ2v) is 7.85. The lowest BCUT2D eigenvalue weighted by atomic mass is 10.3. The van der Waals surface area contributed by atoms with Gasteiger partial charge in [-0.25, -0.2) is 30.4 Å². The number of carbonyl (C=O) groups excluding carboxylic acids is 1. The van der Waals surface area contributed by atoms with Crippen molar-refractivity contribution in [3.8, 4) is 0 Å². The van der Waals surface area contributed by atoms with Gasteiger partial charge in [-0.15, -0.1) is 0 Å². The van der Waals surface area contributed by atoms with Crippen LogP contribution < -0.4 is 10.0 Å². The standard InChI is InChI=1S/C16H13F8N3O3S/c1-7(16(22,23)24)26-31(29,30)11-5-27(6-12(19)20)14(13(11)21)15(28)25-8-2-3-9(17)10(18)4-8/h2-5,7,12,26H,6H2,1H3,(H,25,28)/t7-/m1/s1. The molecule has 2 rings (SSSR count). The summed E-state index contributed by atoms with van der Waals surface area (Å²) in [4.78, 5) is 10.8. The first-order valence-corrected chi connectivity index (χ1v) is 9.64. The lowest BCUT2D eigenvalue weighted by Gasteiger charge is -2.16. The fourth-order valence-corrected chi connectivity index (χ4v) is 3.67. The molecular weight excluding hydrogens is 466 g/mol. The van der Waals surface area contributed by atoms with Gasteiger partial charge in [0.2, 0.25) is 10.0 Å². The second kappa shape index (κ2) is 8.82. The zero-order chi connectivity index (χ0) is 23.7. The maximum Gasteiger partial charge on any atom is 0.404 e. The third kappa shape index (κ3) is 5.72. The quantitative estimate of drug-likeness (QED) is 0.596. The molecule has 172 valence electrons. The van der Waals surface area contributed by atoms with Crippen LogP contribution in [0, 0.1) is 17.5 Å². The highest BCUT2D eigenvalue weighted by molar-refractivity contribution is 7.89. The number of amides is 1. The van der Waals surface area contributed by atoms with E-state index in [1.165, 1.54) is 0 Å². The largest absolute Gasteiger partial charge is 0.404 e. The molecule has 0 radical (unpaired) electrons. The number of anilines is 1. The first-order valence-electron chi connectivity index (χ1n) is 8.15. The molecule has 0 aliphatic heterocycles. The first kappa shape index (κ1) is 24.6. The summed E-state index contributed by atoms with van der Waals surface area (Å²) >= 11 is 0. The molecule has 6 nitrogen and oxygen atoms in total. The van der Waals surface area contributed by atoms with E-state index < -0.39 is 74.8 Å². The highest BCUT2D eigenvalue weighted by atomic mass is 32.2. The Labute approximate surface area is 169 Å². The molecule has 15 heteroatoms. The van der Waals surface area contributed by atoms with Gasteiger partial charge in [0.25, 0.3) is 12.3 Å². The number of alkyl halides is 5. The zero-order valence-corrected chi connectivity index (χ0v) is 16.1. The molecule has 1 atom stereocenters. The Morgan fingerprint density at radius 2 is 1.74 bits per heavy atom. The third-order valence-electron chi connectivity index (χ3n) is 3.82. The minimum atomic E-state index is -5.23. The highest BCUT2D eigenvalue weighted by Gasteiger charge is 2.40. The number of carbonyl (C=O) groups is 1. The molecule has 0 aliphatic rings. The summed E-state index contributed by atoms with van der Waals surface area (Å²) in [7, 11) is -5.23.